The molecule has 32 nitrogen and oxygen atoms in total. The molecule has 4 N–H and O–H groups in total. The minimum absolute atomic E-state index is 0.187. The van der Waals surface area contributed by atoms with Crippen LogP contribution in [0.25, 0.3) is 9.69 Å². The van der Waals surface area contributed by atoms with E-state index in [-0.39, 0.29) is 60.7 Å². The number of nitriles is 2. The lowest BCUT2D eigenvalue weighted by Crippen LogP contribution is -2.54. The topological polar surface area (TPSA) is 398 Å². The average Bonchev–Trinajstić information content (AvgIpc) is 1.19. The molecule has 0 aromatic heterocycles. The maximum absolute atomic E-state index is 13.4. The molecule has 4 amide bonds. The second-order valence-corrected chi connectivity index (χ2v) is 33.7. The summed E-state index contributed by atoms with van der Waals surface area (Å²) in [4.78, 5) is 108. The molecule has 4 aromatic carbocycles. The molecule has 8 aliphatic rings. The van der Waals surface area contributed by atoms with Crippen LogP contribution in [0.1, 0.15) is 164 Å². The largest absolute Gasteiger partial charge is 0.485 e. The SMILES string of the molecule is [C-]#[N+]c1ccc2c(c1)[C@@H](N1CCCC1=O)[C@H](OP(=O)(O)OCCOP(=O)(O)O[C@H]1[C@H](N3CCCC3=O)c3cc(C#N)ccc3OC1(C)C)C(C)(C)O2.[C-]#[N+]c1ccc2c(c1)[C@H](N1CCCC1=O)[C@@H](OP(=O)(O)OCCOP(=O)(O)O[C@@H]1[C@@H](N3CCCC3=O)c3cc(C#N)ccc3OC1(C)C)C(C)(C)O2. The lowest BCUT2D eigenvalue weighted by Gasteiger charge is -2.47. The maximum Gasteiger partial charge on any atom is 0.472 e. The smallest absolute Gasteiger partial charge is 0.472 e. The molecule has 0 spiro atoms. The third-order valence-corrected chi connectivity index (χ3v) is 23.1. The Bertz CT molecular complexity index is 3880. The second kappa shape index (κ2) is 30.0. The predicted octanol–water partition coefficient (Wildman–Crippen LogP) is 11.0. The lowest BCUT2D eigenvalue weighted by molar-refractivity contribution is -0.140. The standard InChI is InChI=1S/2C34H40N4O12P2/c2*1-33(2)31(29(37-14-6-8-27(37)39)23-18-21(20-35)10-12-25(23)47-33)49-51(41,42)45-16-17-46-52(43,44)50-32-30(38-15-7-9-28(38)40)24-19-22(36-5)11-13-26(24)48-34(32,3)4/h2*10-13,18-19,29-32H,6-9,14-17H2,1-4H3,(H,41,42)(H,43,44)/t2*29-,30-,31+,32+/m10/s1. The molecule has 104 heavy (non-hydrogen) atoms. The third kappa shape index (κ3) is 16.6. The fourth-order valence-corrected chi connectivity index (χ4v) is 18.6. The Hall–Kier alpha value is -7.64. The predicted molar refractivity (Wildman–Crippen MR) is 364 cm³/mol. The van der Waals surface area contributed by atoms with E-state index >= 15 is 0 Å². The summed E-state index contributed by atoms with van der Waals surface area (Å²) in [6, 6.07) is 19.5. The summed E-state index contributed by atoms with van der Waals surface area (Å²) < 4.78 is 122. The molecular weight excluding hydrogens is 1440 g/mol. The van der Waals surface area contributed by atoms with E-state index in [1.807, 2.05) is 0 Å². The monoisotopic (exact) mass is 1520 g/mol. The van der Waals surface area contributed by atoms with Crippen molar-refractivity contribution in [2.45, 2.75) is 178 Å². The van der Waals surface area contributed by atoms with E-state index in [9.17, 15) is 67.5 Å². The van der Waals surface area contributed by atoms with Gasteiger partial charge in [0, 0.05) is 74.1 Å². The van der Waals surface area contributed by atoms with Gasteiger partial charge < -0.3 is 58.1 Å². The van der Waals surface area contributed by atoms with Crippen LogP contribution in [0.2, 0.25) is 0 Å². The van der Waals surface area contributed by atoms with Crippen molar-refractivity contribution >= 4 is 66.3 Å². The Balaban J connectivity index is 0.000000208. The first-order chi connectivity index (χ1) is 48.9. The van der Waals surface area contributed by atoms with E-state index in [4.69, 9.17) is 68.3 Å². The third-order valence-electron chi connectivity index (χ3n) is 19.1. The minimum atomic E-state index is -4.95. The van der Waals surface area contributed by atoms with Gasteiger partial charge in [0.25, 0.3) is 0 Å². The number of rotatable bonds is 22. The Morgan fingerprint density at radius 1 is 0.423 bits per heavy atom. The van der Waals surface area contributed by atoms with Crippen molar-refractivity contribution < 1.29 is 112 Å². The molecule has 0 saturated carbocycles. The highest BCUT2D eigenvalue weighted by Gasteiger charge is 2.57. The fourth-order valence-electron chi connectivity index (χ4n) is 14.5. The average molecular weight is 1520 g/mol. The summed E-state index contributed by atoms with van der Waals surface area (Å²) in [5.41, 5.74) is -2.06. The van der Waals surface area contributed by atoms with Gasteiger partial charge in [-0.1, -0.05) is 12.1 Å². The molecule has 0 radical (unpaired) electrons. The van der Waals surface area contributed by atoms with Crippen LogP contribution >= 0.6 is 31.3 Å². The Morgan fingerprint density at radius 2 is 0.654 bits per heavy atom. The van der Waals surface area contributed by atoms with E-state index in [0.717, 1.165) is 0 Å². The zero-order valence-electron chi connectivity index (χ0n) is 58.2. The zero-order valence-corrected chi connectivity index (χ0v) is 61.8. The van der Waals surface area contributed by atoms with Crippen LogP contribution in [0.4, 0.5) is 11.4 Å². The number of phosphoric ester groups is 4. The number of nitrogens with zero attached hydrogens (tertiary/aromatic N) is 8. The molecule has 4 aromatic rings. The maximum atomic E-state index is 13.4. The molecule has 12 rings (SSSR count). The first-order valence-electron chi connectivity index (χ1n) is 33.6. The van der Waals surface area contributed by atoms with Gasteiger partial charge in [0.05, 0.1) is 87.0 Å². The van der Waals surface area contributed by atoms with Crippen LogP contribution in [0.3, 0.4) is 0 Å². The number of ether oxygens (including phenoxy) is 4. The number of amides is 4. The van der Waals surface area contributed by atoms with Crippen LogP contribution < -0.4 is 18.9 Å². The molecule has 12 atom stereocenters. The van der Waals surface area contributed by atoms with Gasteiger partial charge in [-0.2, -0.15) is 10.5 Å². The van der Waals surface area contributed by atoms with Crippen LogP contribution in [0.15, 0.2) is 72.8 Å². The molecule has 4 unspecified atom stereocenters. The van der Waals surface area contributed by atoms with E-state index in [1.165, 1.54) is 9.80 Å². The summed E-state index contributed by atoms with van der Waals surface area (Å²) in [5, 5.41) is 19.1. The van der Waals surface area contributed by atoms with Crippen molar-refractivity contribution in [1.82, 2.24) is 19.6 Å². The molecule has 556 valence electrons. The second-order valence-electron chi connectivity index (χ2n) is 28.1. The van der Waals surface area contributed by atoms with Crippen LogP contribution in [-0.4, -0.2) is 162 Å². The number of carbonyl (C=O) groups is 4. The molecule has 4 fully saturated rings. The van der Waals surface area contributed by atoms with Crippen molar-refractivity contribution in [2.75, 3.05) is 52.6 Å². The van der Waals surface area contributed by atoms with Crippen LogP contribution in [0.5, 0.6) is 23.0 Å². The molecule has 8 heterocycles. The molecule has 0 aliphatic carbocycles. The highest BCUT2D eigenvalue weighted by atomic mass is 31.2. The van der Waals surface area contributed by atoms with Gasteiger partial charge in [0.2, 0.25) is 23.6 Å². The molecule has 36 heteroatoms. The highest BCUT2D eigenvalue weighted by molar-refractivity contribution is 7.48. The Morgan fingerprint density at radius 3 is 0.865 bits per heavy atom. The molecule has 4 saturated heterocycles. The Labute approximate surface area is 600 Å². The number of carbonyl (C=O) groups excluding carboxylic acids is 4. The van der Waals surface area contributed by atoms with Crippen molar-refractivity contribution in [1.29, 1.82) is 10.5 Å². The highest BCUT2D eigenvalue weighted by Crippen LogP contribution is 2.60. The summed E-state index contributed by atoms with van der Waals surface area (Å²) in [6.45, 7) is 26.7. The van der Waals surface area contributed by atoms with Gasteiger partial charge in [-0.05, 0) is 142 Å². The number of hydrogen-bond donors (Lipinski definition) is 4. The first-order valence-corrected chi connectivity index (χ1v) is 39.6. The van der Waals surface area contributed by atoms with E-state index in [2.05, 4.69) is 21.8 Å². The van der Waals surface area contributed by atoms with Crippen molar-refractivity contribution in [3.8, 4) is 35.1 Å². The van der Waals surface area contributed by atoms with Crippen molar-refractivity contribution in [2.24, 2.45) is 0 Å². The fraction of sp³-hybridized carbons (Fsp3) is 0.529. The Kier molecular flexibility index (Phi) is 22.3. The van der Waals surface area contributed by atoms with Crippen molar-refractivity contribution in [3.05, 3.63) is 129 Å². The first kappa shape index (κ1) is 77.5. The van der Waals surface area contributed by atoms with Crippen LogP contribution in [0, 0.1) is 35.8 Å². The van der Waals surface area contributed by atoms with Gasteiger partial charge in [0.15, 0.2) is 11.4 Å². The van der Waals surface area contributed by atoms with Gasteiger partial charge >= 0.3 is 31.3 Å². The van der Waals surface area contributed by atoms with Gasteiger partial charge in [0.1, 0.15) is 69.8 Å². The number of likely N-dealkylation sites (tertiary alicyclic amines) is 4. The molecular formula is C68H80N8O24P4. The van der Waals surface area contributed by atoms with E-state index in [1.54, 1.807) is 138 Å². The van der Waals surface area contributed by atoms with Gasteiger partial charge in [-0.15, -0.1) is 0 Å². The molecule has 0 bridgehead atoms. The number of hydrogen-bond acceptors (Lipinski definition) is 22. The zero-order chi connectivity index (χ0) is 75.3. The van der Waals surface area contributed by atoms with Gasteiger partial charge in [-0.3, -0.25) is 55.4 Å². The summed E-state index contributed by atoms with van der Waals surface area (Å²) in [6.07, 6.45) is -1.52. The minimum Gasteiger partial charge on any atom is -0.485 e. The van der Waals surface area contributed by atoms with E-state index in [0.29, 0.717) is 108 Å². The lowest BCUT2D eigenvalue weighted by atomic mass is 9.85. The summed E-state index contributed by atoms with van der Waals surface area (Å²) in [5.74, 6) is 0.840. The van der Waals surface area contributed by atoms with E-state index < -0.39 is 129 Å². The van der Waals surface area contributed by atoms with Crippen molar-refractivity contribution in [3.63, 3.8) is 0 Å². The quantitative estimate of drug-likeness (QED) is 0.0322. The normalized spacial score (nSPS) is 26.9. The number of phosphoric acid groups is 4. The molecule has 8 aliphatic heterocycles. The summed E-state index contributed by atoms with van der Waals surface area (Å²) in [7, 11) is -19.8. The van der Waals surface area contributed by atoms with Gasteiger partial charge in [-0.25, -0.2) is 28.0 Å². The number of benzene rings is 4. The summed E-state index contributed by atoms with van der Waals surface area (Å²) >= 11 is 0. The van der Waals surface area contributed by atoms with Crippen LogP contribution in [-0.2, 0) is 73.6 Å². The number of fused-ring (bicyclic) bond motifs is 4.